The molecule has 0 amide bonds. The summed E-state index contributed by atoms with van der Waals surface area (Å²) in [5.74, 6) is 2.16. The fraction of sp³-hybridized carbons (Fsp3) is 0.846. The molecule has 0 bridgehead atoms. The van der Waals surface area contributed by atoms with Crippen LogP contribution >= 0.6 is 0 Å². The third-order valence-electron chi connectivity index (χ3n) is 3.60. The van der Waals surface area contributed by atoms with Crippen LogP contribution in [0.5, 0.6) is 0 Å². The summed E-state index contributed by atoms with van der Waals surface area (Å²) in [5.41, 5.74) is 0. The van der Waals surface area contributed by atoms with Gasteiger partial charge in [0.1, 0.15) is 0 Å². The van der Waals surface area contributed by atoms with Gasteiger partial charge in [-0.1, -0.05) is 25.9 Å². The highest BCUT2D eigenvalue weighted by Crippen LogP contribution is 2.27. The molecule has 0 aliphatic carbocycles. The SMILES string of the molecule is CCCNCc1nnc(N2CCC(C(C)C)C2)o1. The van der Waals surface area contributed by atoms with Crippen molar-refractivity contribution in [1.29, 1.82) is 0 Å². The second-order valence-electron chi connectivity index (χ2n) is 5.39. The van der Waals surface area contributed by atoms with Crippen LogP contribution in [0.3, 0.4) is 0 Å². The Morgan fingerprint density at radius 2 is 2.28 bits per heavy atom. The van der Waals surface area contributed by atoms with Gasteiger partial charge in [0.15, 0.2) is 0 Å². The van der Waals surface area contributed by atoms with Crippen molar-refractivity contribution in [2.45, 2.75) is 40.2 Å². The first-order valence-corrected chi connectivity index (χ1v) is 6.98. The quantitative estimate of drug-likeness (QED) is 0.785. The topological polar surface area (TPSA) is 54.2 Å². The number of rotatable bonds is 6. The van der Waals surface area contributed by atoms with Crippen molar-refractivity contribution >= 4 is 6.01 Å². The van der Waals surface area contributed by atoms with Gasteiger partial charge in [0, 0.05) is 13.1 Å². The Morgan fingerprint density at radius 3 is 2.94 bits per heavy atom. The van der Waals surface area contributed by atoms with Gasteiger partial charge >= 0.3 is 6.01 Å². The van der Waals surface area contributed by atoms with E-state index in [-0.39, 0.29) is 0 Å². The Bertz CT molecular complexity index is 364. The molecule has 1 atom stereocenters. The summed E-state index contributed by atoms with van der Waals surface area (Å²) in [4.78, 5) is 2.21. The molecule has 5 heteroatoms. The molecule has 0 radical (unpaired) electrons. The molecule has 1 aliphatic heterocycles. The molecule has 1 N–H and O–H groups in total. The molecule has 0 spiro atoms. The molecular weight excluding hydrogens is 228 g/mol. The predicted molar refractivity (Wildman–Crippen MR) is 71.5 cm³/mol. The van der Waals surface area contributed by atoms with Gasteiger partial charge in [-0.2, -0.15) is 0 Å². The smallest absolute Gasteiger partial charge is 0.318 e. The molecule has 0 saturated carbocycles. The maximum atomic E-state index is 5.68. The third-order valence-corrected chi connectivity index (χ3v) is 3.60. The normalized spacial score (nSPS) is 20.0. The predicted octanol–water partition coefficient (Wildman–Crippen LogP) is 2.05. The highest BCUT2D eigenvalue weighted by molar-refractivity contribution is 5.26. The second kappa shape index (κ2) is 6.18. The van der Waals surface area contributed by atoms with Crippen molar-refractivity contribution in [2.75, 3.05) is 24.5 Å². The van der Waals surface area contributed by atoms with Crippen LogP contribution in [0.4, 0.5) is 6.01 Å². The fourth-order valence-electron chi connectivity index (χ4n) is 2.32. The van der Waals surface area contributed by atoms with Crippen LogP contribution in [-0.4, -0.2) is 29.8 Å². The molecule has 1 fully saturated rings. The lowest BCUT2D eigenvalue weighted by Gasteiger charge is -2.15. The van der Waals surface area contributed by atoms with E-state index in [0.29, 0.717) is 18.5 Å². The Balaban J connectivity index is 1.86. The van der Waals surface area contributed by atoms with Crippen LogP contribution < -0.4 is 10.2 Å². The molecular formula is C13H24N4O. The number of hydrogen-bond donors (Lipinski definition) is 1. The number of anilines is 1. The number of nitrogens with zero attached hydrogens (tertiary/aromatic N) is 3. The fourth-order valence-corrected chi connectivity index (χ4v) is 2.32. The first kappa shape index (κ1) is 13.3. The number of aromatic nitrogens is 2. The van der Waals surface area contributed by atoms with E-state index in [4.69, 9.17) is 4.42 Å². The van der Waals surface area contributed by atoms with E-state index >= 15 is 0 Å². The first-order valence-electron chi connectivity index (χ1n) is 6.98. The zero-order chi connectivity index (χ0) is 13.0. The summed E-state index contributed by atoms with van der Waals surface area (Å²) in [6.45, 7) is 10.4. The molecule has 1 unspecified atom stereocenters. The van der Waals surface area contributed by atoms with E-state index in [1.807, 2.05) is 0 Å². The summed E-state index contributed by atoms with van der Waals surface area (Å²) in [5, 5.41) is 11.5. The molecule has 102 valence electrons. The molecule has 2 rings (SSSR count). The Kier molecular flexibility index (Phi) is 4.58. The molecule has 2 heterocycles. The number of hydrogen-bond acceptors (Lipinski definition) is 5. The third kappa shape index (κ3) is 3.22. The van der Waals surface area contributed by atoms with Crippen LogP contribution in [0, 0.1) is 11.8 Å². The number of nitrogens with one attached hydrogen (secondary N) is 1. The minimum absolute atomic E-state index is 0.669. The van der Waals surface area contributed by atoms with Crippen molar-refractivity contribution < 1.29 is 4.42 Å². The van der Waals surface area contributed by atoms with E-state index in [0.717, 1.165) is 37.9 Å². The molecule has 5 nitrogen and oxygen atoms in total. The van der Waals surface area contributed by atoms with Gasteiger partial charge in [-0.05, 0) is 31.2 Å². The molecule has 18 heavy (non-hydrogen) atoms. The van der Waals surface area contributed by atoms with Gasteiger partial charge < -0.3 is 14.6 Å². The van der Waals surface area contributed by atoms with Gasteiger partial charge in [-0.15, -0.1) is 5.10 Å². The Hall–Kier alpha value is -1.10. The summed E-state index contributed by atoms with van der Waals surface area (Å²) in [6.07, 6.45) is 2.34. The lowest BCUT2D eigenvalue weighted by atomic mass is 9.95. The monoisotopic (exact) mass is 252 g/mol. The molecule has 1 aliphatic rings. The maximum Gasteiger partial charge on any atom is 0.318 e. The lowest BCUT2D eigenvalue weighted by molar-refractivity contribution is 0.418. The second-order valence-corrected chi connectivity index (χ2v) is 5.39. The summed E-state index contributed by atoms with van der Waals surface area (Å²) >= 11 is 0. The van der Waals surface area contributed by atoms with Gasteiger partial charge in [0.05, 0.1) is 6.54 Å². The zero-order valence-corrected chi connectivity index (χ0v) is 11.6. The highest BCUT2D eigenvalue weighted by atomic mass is 16.4. The molecule has 0 aromatic carbocycles. The van der Waals surface area contributed by atoms with Gasteiger partial charge in [-0.25, -0.2) is 0 Å². The van der Waals surface area contributed by atoms with Gasteiger partial charge in [0.25, 0.3) is 0 Å². The van der Waals surface area contributed by atoms with Crippen molar-refractivity contribution in [3.63, 3.8) is 0 Å². The van der Waals surface area contributed by atoms with E-state index in [2.05, 4.69) is 41.2 Å². The van der Waals surface area contributed by atoms with E-state index in [1.165, 1.54) is 6.42 Å². The van der Waals surface area contributed by atoms with E-state index in [1.54, 1.807) is 0 Å². The van der Waals surface area contributed by atoms with Crippen molar-refractivity contribution in [2.24, 2.45) is 11.8 Å². The summed E-state index contributed by atoms with van der Waals surface area (Å²) in [7, 11) is 0. The van der Waals surface area contributed by atoms with Crippen LogP contribution in [0.2, 0.25) is 0 Å². The largest absolute Gasteiger partial charge is 0.407 e. The Labute approximate surface area is 109 Å². The van der Waals surface area contributed by atoms with Gasteiger partial charge in [-0.3, -0.25) is 0 Å². The van der Waals surface area contributed by atoms with Crippen molar-refractivity contribution in [3.8, 4) is 0 Å². The lowest BCUT2D eigenvalue weighted by Crippen LogP contribution is -2.21. The highest BCUT2D eigenvalue weighted by Gasteiger charge is 2.27. The average Bonchev–Trinajstić information content (AvgIpc) is 2.97. The zero-order valence-electron chi connectivity index (χ0n) is 11.6. The molecule has 1 aromatic heterocycles. The summed E-state index contributed by atoms with van der Waals surface area (Å²) < 4.78 is 5.68. The molecule has 1 saturated heterocycles. The van der Waals surface area contributed by atoms with Crippen LogP contribution in [0.15, 0.2) is 4.42 Å². The Morgan fingerprint density at radius 1 is 1.44 bits per heavy atom. The van der Waals surface area contributed by atoms with Gasteiger partial charge in [0.2, 0.25) is 5.89 Å². The van der Waals surface area contributed by atoms with E-state index < -0.39 is 0 Å². The van der Waals surface area contributed by atoms with Crippen LogP contribution in [-0.2, 0) is 6.54 Å². The summed E-state index contributed by atoms with van der Waals surface area (Å²) in [6, 6.07) is 0.687. The standard InChI is InChI=1S/C13H24N4O/c1-4-6-14-8-12-15-16-13(18-12)17-7-5-11(9-17)10(2)3/h10-11,14H,4-9H2,1-3H3. The first-order chi connectivity index (χ1) is 8.70. The van der Waals surface area contributed by atoms with Crippen LogP contribution in [0.25, 0.3) is 0 Å². The van der Waals surface area contributed by atoms with Crippen molar-refractivity contribution in [1.82, 2.24) is 15.5 Å². The minimum Gasteiger partial charge on any atom is -0.407 e. The average molecular weight is 252 g/mol. The van der Waals surface area contributed by atoms with Crippen LogP contribution in [0.1, 0.15) is 39.5 Å². The maximum absolute atomic E-state index is 5.68. The van der Waals surface area contributed by atoms with E-state index in [9.17, 15) is 0 Å². The minimum atomic E-state index is 0.669. The van der Waals surface area contributed by atoms with Crippen molar-refractivity contribution in [3.05, 3.63) is 5.89 Å². The molecule has 1 aromatic rings.